The van der Waals surface area contributed by atoms with Crippen molar-refractivity contribution in [1.82, 2.24) is 9.88 Å². The largest absolute Gasteiger partial charge is 0.368 e. The van der Waals surface area contributed by atoms with Crippen LogP contribution in [0.3, 0.4) is 0 Å². The summed E-state index contributed by atoms with van der Waals surface area (Å²) in [5, 5.41) is 0. The van der Waals surface area contributed by atoms with Crippen molar-refractivity contribution in [2.75, 3.05) is 32.1 Å². The van der Waals surface area contributed by atoms with Crippen LogP contribution < -0.4 is 10.6 Å². The molecule has 2 rings (SSSR count). The van der Waals surface area contributed by atoms with E-state index in [1.54, 1.807) is 0 Å². The summed E-state index contributed by atoms with van der Waals surface area (Å²) >= 11 is 0. The van der Waals surface area contributed by atoms with Crippen LogP contribution in [0.15, 0.2) is 18.5 Å². The van der Waals surface area contributed by atoms with Crippen molar-refractivity contribution in [1.29, 1.82) is 0 Å². The summed E-state index contributed by atoms with van der Waals surface area (Å²) in [4.78, 5) is 8.88. The summed E-state index contributed by atoms with van der Waals surface area (Å²) < 4.78 is 0. The second-order valence-electron chi connectivity index (χ2n) is 4.56. The zero-order chi connectivity index (χ0) is 11.5. The van der Waals surface area contributed by atoms with Crippen LogP contribution in [0.1, 0.15) is 12.0 Å². The van der Waals surface area contributed by atoms with Crippen molar-refractivity contribution in [3.8, 4) is 0 Å². The number of likely N-dealkylation sites (N-methyl/N-ethyl adjacent to an activating group) is 1. The Morgan fingerprint density at radius 1 is 1.56 bits per heavy atom. The highest BCUT2D eigenvalue weighted by atomic mass is 15.2. The molecule has 0 aliphatic carbocycles. The van der Waals surface area contributed by atoms with Crippen molar-refractivity contribution >= 4 is 5.69 Å². The van der Waals surface area contributed by atoms with Crippen LogP contribution in [0.25, 0.3) is 0 Å². The van der Waals surface area contributed by atoms with Gasteiger partial charge in [0.1, 0.15) is 0 Å². The Labute approximate surface area is 97.1 Å². The molecular weight excluding hydrogens is 200 g/mol. The molecule has 0 bridgehead atoms. The van der Waals surface area contributed by atoms with Crippen LogP contribution in [0.5, 0.6) is 0 Å². The maximum Gasteiger partial charge on any atom is 0.0598 e. The van der Waals surface area contributed by atoms with Gasteiger partial charge in [-0.15, -0.1) is 0 Å². The molecule has 0 spiro atoms. The van der Waals surface area contributed by atoms with E-state index in [4.69, 9.17) is 5.73 Å². The molecule has 4 nitrogen and oxygen atoms in total. The van der Waals surface area contributed by atoms with Gasteiger partial charge in [0.25, 0.3) is 0 Å². The summed E-state index contributed by atoms with van der Waals surface area (Å²) in [6, 6.07) is 2.66. The maximum absolute atomic E-state index is 5.75. The van der Waals surface area contributed by atoms with Crippen molar-refractivity contribution in [3.63, 3.8) is 0 Å². The molecule has 1 unspecified atom stereocenters. The highest BCUT2D eigenvalue weighted by Crippen LogP contribution is 2.24. The minimum atomic E-state index is 0.584. The molecule has 1 fully saturated rings. The fourth-order valence-corrected chi connectivity index (χ4v) is 2.25. The monoisotopic (exact) mass is 220 g/mol. The van der Waals surface area contributed by atoms with E-state index in [9.17, 15) is 0 Å². The highest BCUT2D eigenvalue weighted by Gasteiger charge is 2.25. The van der Waals surface area contributed by atoms with E-state index < -0.39 is 0 Å². The molecule has 0 radical (unpaired) electrons. The number of hydrogen-bond donors (Lipinski definition) is 1. The zero-order valence-corrected chi connectivity index (χ0v) is 10.1. The molecule has 2 heterocycles. The summed E-state index contributed by atoms with van der Waals surface area (Å²) in [5.74, 6) is 0. The first-order valence-corrected chi connectivity index (χ1v) is 5.76. The molecule has 1 aromatic heterocycles. The highest BCUT2D eigenvalue weighted by molar-refractivity contribution is 5.52. The third kappa shape index (κ3) is 2.18. The summed E-state index contributed by atoms with van der Waals surface area (Å²) in [6.45, 7) is 2.76. The lowest BCUT2D eigenvalue weighted by Crippen LogP contribution is -2.31. The first kappa shape index (κ1) is 11.4. The maximum atomic E-state index is 5.75. The first-order valence-electron chi connectivity index (χ1n) is 5.76. The molecule has 0 aromatic carbocycles. The second-order valence-corrected chi connectivity index (χ2v) is 4.56. The molecule has 16 heavy (non-hydrogen) atoms. The summed E-state index contributed by atoms with van der Waals surface area (Å²) in [7, 11) is 4.28. The van der Waals surface area contributed by atoms with Gasteiger partial charge in [-0.3, -0.25) is 4.98 Å². The van der Waals surface area contributed by atoms with Crippen molar-refractivity contribution in [3.05, 3.63) is 24.0 Å². The number of hydrogen-bond acceptors (Lipinski definition) is 4. The summed E-state index contributed by atoms with van der Waals surface area (Å²) in [5.41, 5.74) is 8.14. The van der Waals surface area contributed by atoms with Crippen LogP contribution in [-0.2, 0) is 6.54 Å². The van der Waals surface area contributed by atoms with Gasteiger partial charge >= 0.3 is 0 Å². The predicted octanol–water partition coefficient (Wildman–Crippen LogP) is 0.681. The Morgan fingerprint density at radius 3 is 3.00 bits per heavy atom. The quantitative estimate of drug-likeness (QED) is 0.813. The molecule has 0 amide bonds. The zero-order valence-electron chi connectivity index (χ0n) is 10.1. The lowest BCUT2D eigenvalue weighted by molar-refractivity contribution is 0.315. The molecule has 1 aliphatic heterocycles. The van der Waals surface area contributed by atoms with Gasteiger partial charge in [-0.05, 0) is 32.1 Å². The molecule has 88 valence electrons. The van der Waals surface area contributed by atoms with Gasteiger partial charge in [0.2, 0.25) is 0 Å². The van der Waals surface area contributed by atoms with Crippen LogP contribution >= 0.6 is 0 Å². The number of aromatic nitrogens is 1. The fourth-order valence-electron chi connectivity index (χ4n) is 2.25. The lowest BCUT2D eigenvalue weighted by atomic mass is 10.2. The molecular formula is C12H20N4. The van der Waals surface area contributed by atoms with E-state index in [1.165, 1.54) is 17.7 Å². The number of rotatable bonds is 3. The average Bonchev–Trinajstić information content (AvgIpc) is 2.78. The molecule has 1 aromatic rings. The van der Waals surface area contributed by atoms with Gasteiger partial charge in [-0.2, -0.15) is 0 Å². The Balaban J connectivity index is 2.14. The van der Waals surface area contributed by atoms with Gasteiger partial charge in [0.15, 0.2) is 0 Å². The standard InChI is InChI=1S/C12H20N4/c1-15(2)11-4-6-16(9-11)12-8-14-5-3-10(12)7-13/h3,5,8,11H,4,6-7,9,13H2,1-2H3. The van der Waals surface area contributed by atoms with E-state index >= 15 is 0 Å². The summed E-state index contributed by atoms with van der Waals surface area (Å²) in [6.07, 6.45) is 4.96. The predicted molar refractivity (Wildman–Crippen MR) is 66.4 cm³/mol. The number of anilines is 1. The van der Waals surface area contributed by atoms with E-state index in [0.29, 0.717) is 12.6 Å². The average molecular weight is 220 g/mol. The second kappa shape index (κ2) is 4.80. The smallest absolute Gasteiger partial charge is 0.0598 e. The lowest BCUT2D eigenvalue weighted by Gasteiger charge is -2.23. The van der Waals surface area contributed by atoms with Crippen LogP contribution in [-0.4, -0.2) is 43.1 Å². The topological polar surface area (TPSA) is 45.4 Å². The molecule has 4 heteroatoms. The Kier molecular flexibility index (Phi) is 3.41. The number of nitrogens with zero attached hydrogens (tertiary/aromatic N) is 3. The van der Waals surface area contributed by atoms with Crippen LogP contribution in [0.4, 0.5) is 5.69 Å². The number of nitrogens with two attached hydrogens (primary N) is 1. The van der Waals surface area contributed by atoms with Gasteiger partial charge in [-0.25, -0.2) is 0 Å². The molecule has 2 N–H and O–H groups in total. The van der Waals surface area contributed by atoms with Crippen LogP contribution in [0.2, 0.25) is 0 Å². The Bertz CT molecular complexity index is 351. The van der Waals surface area contributed by atoms with Gasteiger partial charge in [0, 0.05) is 31.9 Å². The Hall–Kier alpha value is -1.13. The minimum absolute atomic E-state index is 0.584. The van der Waals surface area contributed by atoms with Crippen LogP contribution in [0, 0.1) is 0 Å². The molecule has 1 saturated heterocycles. The van der Waals surface area contributed by atoms with E-state index in [-0.39, 0.29) is 0 Å². The third-order valence-electron chi connectivity index (χ3n) is 3.34. The Morgan fingerprint density at radius 2 is 2.38 bits per heavy atom. The van der Waals surface area contributed by atoms with E-state index in [0.717, 1.165) is 13.1 Å². The van der Waals surface area contributed by atoms with Gasteiger partial charge in [-0.1, -0.05) is 0 Å². The van der Waals surface area contributed by atoms with Crippen molar-refractivity contribution < 1.29 is 0 Å². The molecule has 0 saturated carbocycles. The minimum Gasteiger partial charge on any atom is -0.368 e. The van der Waals surface area contributed by atoms with E-state index in [2.05, 4.69) is 28.9 Å². The third-order valence-corrected chi connectivity index (χ3v) is 3.34. The SMILES string of the molecule is CN(C)C1CCN(c2cnccc2CN)C1. The molecule has 1 atom stereocenters. The first-order chi connectivity index (χ1) is 7.72. The number of pyridine rings is 1. The van der Waals surface area contributed by atoms with E-state index in [1.807, 2.05) is 18.5 Å². The van der Waals surface area contributed by atoms with Crippen molar-refractivity contribution in [2.45, 2.75) is 19.0 Å². The van der Waals surface area contributed by atoms with Crippen molar-refractivity contribution in [2.24, 2.45) is 5.73 Å². The molecule has 1 aliphatic rings. The van der Waals surface area contributed by atoms with Gasteiger partial charge < -0.3 is 15.5 Å². The normalized spacial score (nSPS) is 20.8. The van der Waals surface area contributed by atoms with Gasteiger partial charge in [0.05, 0.1) is 11.9 Å². The fraction of sp³-hybridized carbons (Fsp3) is 0.583.